The Bertz CT molecular complexity index is 3170. The van der Waals surface area contributed by atoms with Gasteiger partial charge in [-0.25, -0.2) is 13.1 Å². The summed E-state index contributed by atoms with van der Waals surface area (Å²) in [7, 11) is -4.70. The van der Waals surface area contributed by atoms with E-state index in [1.165, 1.54) is 42.9 Å². The number of hydrogen-bond acceptors (Lipinski definition) is 16. The molecule has 3 aromatic carbocycles. The summed E-state index contributed by atoms with van der Waals surface area (Å²) in [4.78, 5) is 46.5. The summed E-state index contributed by atoms with van der Waals surface area (Å²) in [6.45, 7) is 15.1. The molecule has 6 fully saturated rings. The van der Waals surface area contributed by atoms with Crippen LogP contribution < -0.4 is 29.3 Å². The number of anilines is 4. The Morgan fingerprint density at radius 2 is 1.74 bits per heavy atom. The third kappa shape index (κ3) is 8.91. The molecule has 5 saturated heterocycles. The molecular weight excluding hydrogens is 989 g/mol. The van der Waals surface area contributed by atoms with Crippen LogP contribution in [0.1, 0.15) is 92.7 Å². The summed E-state index contributed by atoms with van der Waals surface area (Å²) in [5, 5.41) is 16.8. The average molecular weight is 1060 g/mol. The summed E-state index contributed by atoms with van der Waals surface area (Å²) in [6, 6.07) is 21.9. The van der Waals surface area contributed by atoms with E-state index in [4.69, 9.17) is 23.9 Å². The van der Waals surface area contributed by atoms with Crippen LogP contribution in [0.15, 0.2) is 77.8 Å². The number of nitrogens with zero attached hydrogens (tertiary/aromatic N) is 7. The number of pyridine rings is 1. The summed E-state index contributed by atoms with van der Waals surface area (Å²) in [5.74, 6) is -0.0137. The maximum absolute atomic E-state index is 14.8. The van der Waals surface area contributed by atoms with Crippen LogP contribution >= 0.6 is 0 Å². The Morgan fingerprint density at radius 1 is 0.921 bits per heavy atom. The van der Waals surface area contributed by atoms with Crippen LogP contribution in [0.2, 0.25) is 0 Å². The van der Waals surface area contributed by atoms with Gasteiger partial charge in [0.1, 0.15) is 24.0 Å². The van der Waals surface area contributed by atoms with Crippen LogP contribution in [0.5, 0.6) is 11.6 Å². The minimum atomic E-state index is -4.70. The number of H-pyrrole nitrogens is 1. The van der Waals surface area contributed by atoms with Crippen molar-refractivity contribution < 1.29 is 37.1 Å². The Morgan fingerprint density at radius 3 is 2.51 bits per heavy atom. The molecule has 5 aromatic rings. The molecule has 20 heteroatoms. The van der Waals surface area contributed by atoms with Crippen LogP contribution in [-0.4, -0.2) is 159 Å². The Kier molecular flexibility index (Phi) is 12.7. The maximum Gasteiger partial charge on any atom is 0.297 e. The van der Waals surface area contributed by atoms with Gasteiger partial charge in [-0.15, -0.1) is 0 Å². The lowest BCUT2D eigenvalue weighted by atomic mass is 9.59. The summed E-state index contributed by atoms with van der Waals surface area (Å²) < 4.78 is 55.2. The van der Waals surface area contributed by atoms with Crippen molar-refractivity contribution >= 4 is 55.4 Å². The predicted molar refractivity (Wildman–Crippen MR) is 288 cm³/mol. The lowest BCUT2D eigenvalue weighted by Crippen LogP contribution is -2.61. The number of nitro groups is 1. The number of rotatable bonds is 12. The number of carbonyl (C=O) groups is 1. The van der Waals surface area contributed by atoms with Gasteiger partial charge in [-0.3, -0.25) is 29.6 Å². The normalized spacial score (nSPS) is 26.0. The highest BCUT2D eigenvalue weighted by Crippen LogP contribution is 2.55. The van der Waals surface area contributed by atoms with E-state index in [2.05, 4.69) is 79.7 Å². The quantitative estimate of drug-likeness (QED) is 0.0838. The molecule has 1 aliphatic carbocycles. The molecule has 7 aliphatic heterocycles. The zero-order valence-corrected chi connectivity index (χ0v) is 44.3. The van der Waals surface area contributed by atoms with Crippen LogP contribution in [0, 0.1) is 15.5 Å². The van der Waals surface area contributed by atoms with Crippen molar-refractivity contribution in [2.75, 3.05) is 94.0 Å². The molecule has 76 heavy (non-hydrogen) atoms. The summed E-state index contributed by atoms with van der Waals surface area (Å²) >= 11 is 0. The smallest absolute Gasteiger partial charge is 0.297 e. The third-order valence-electron chi connectivity index (χ3n) is 18.0. The monoisotopic (exact) mass is 1060 g/mol. The topological polar surface area (TPSA) is 200 Å². The van der Waals surface area contributed by atoms with Gasteiger partial charge in [0.05, 0.1) is 65.6 Å². The van der Waals surface area contributed by atoms with Crippen molar-refractivity contribution in [2.45, 2.75) is 112 Å². The highest BCUT2D eigenvalue weighted by molar-refractivity contribution is 7.90. The lowest BCUT2D eigenvalue weighted by molar-refractivity contribution is -0.384. The fraction of sp³-hybridized carbons (Fsp3) is 0.536. The highest BCUT2D eigenvalue weighted by Gasteiger charge is 2.51. The van der Waals surface area contributed by atoms with Crippen LogP contribution in [0.4, 0.5) is 28.4 Å². The number of nitro benzene ring substituents is 1. The molecule has 8 aliphatic rings. The number of piperidine rings is 1. The zero-order valence-electron chi connectivity index (χ0n) is 43.5. The van der Waals surface area contributed by atoms with Crippen LogP contribution in [0.25, 0.3) is 11.0 Å². The van der Waals surface area contributed by atoms with Gasteiger partial charge in [0.15, 0.2) is 11.4 Å². The number of fused-ring (bicyclic) bond motifs is 4. The van der Waals surface area contributed by atoms with Crippen molar-refractivity contribution in [1.82, 2.24) is 29.4 Å². The molecule has 2 aromatic heterocycles. The fourth-order valence-corrected chi connectivity index (χ4v) is 14.9. The number of sulfonamides is 1. The Hall–Kier alpha value is -6.03. The van der Waals surface area contributed by atoms with Gasteiger partial charge < -0.3 is 39.0 Å². The van der Waals surface area contributed by atoms with Gasteiger partial charge in [-0.2, -0.15) is 4.98 Å². The van der Waals surface area contributed by atoms with Gasteiger partial charge in [-0.1, -0.05) is 38.1 Å². The molecule has 1 spiro atoms. The van der Waals surface area contributed by atoms with E-state index in [1.54, 1.807) is 6.07 Å². The molecule has 3 N–H and O–H groups in total. The van der Waals surface area contributed by atoms with E-state index in [-0.39, 0.29) is 41.1 Å². The minimum absolute atomic E-state index is 0.0284. The Labute approximate surface area is 443 Å². The molecule has 13 rings (SSSR count). The number of aromatic nitrogens is 2. The van der Waals surface area contributed by atoms with Gasteiger partial charge in [-0.05, 0) is 105 Å². The van der Waals surface area contributed by atoms with E-state index < -0.39 is 37.5 Å². The first-order valence-electron chi connectivity index (χ1n) is 27.4. The minimum Gasteiger partial charge on any atom is -0.489 e. The standard InChI is InChI=1S/C56H68N10O9S/c1-34(2)42-7-4-5-8-43(42)45-9-6-16-64(45)39-25-56(26-39)13-17-62(18-14-56)38-10-11-44(46(22-38)65-48-21-36-12-15-57-53(36)59-55(48)75-51-33-73-32-49(51)65)54(67)60-76(70,71)41-23-47(66(68)69)52-50(24-41)74-29-37(58-52)28-61-19-20-63(35(3)27-61)40-30-72-31-40/h4-5,7-8,10-12,15,21-24,34-35,37,39-40,45,49,51,58H,6,9,13-14,16-20,25-33H2,1-3H3,(H,57,59)(H,60,67)/t35-,37-,45+,49-,51+/m1/s1. The van der Waals surface area contributed by atoms with E-state index >= 15 is 0 Å². The van der Waals surface area contributed by atoms with Crippen LogP contribution in [0.3, 0.4) is 0 Å². The molecule has 0 bridgehead atoms. The number of ether oxygens (including phenoxy) is 4. The molecule has 9 heterocycles. The molecule has 19 nitrogen and oxygen atoms in total. The number of hydrogen-bond donors (Lipinski definition) is 3. The number of benzene rings is 3. The van der Waals surface area contributed by atoms with E-state index in [0.717, 1.165) is 82.5 Å². The van der Waals surface area contributed by atoms with Gasteiger partial charge in [0.25, 0.3) is 21.6 Å². The first-order chi connectivity index (χ1) is 36.8. The maximum atomic E-state index is 14.8. The average Bonchev–Trinajstić information content (AvgIpc) is 4.19. The third-order valence-corrected chi connectivity index (χ3v) is 19.3. The number of amides is 1. The number of piperazine rings is 1. The summed E-state index contributed by atoms with van der Waals surface area (Å²) in [5.41, 5.74) is 5.64. The molecule has 5 atom stereocenters. The first kappa shape index (κ1) is 49.5. The van der Waals surface area contributed by atoms with E-state index in [1.807, 2.05) is 35.4 Å². The molecule has 402 valence electrons. The first-order valence-corrected chi connectivity index (χ1v) is 28.9. The van der Waals surface area contributed by atoms with Crippen molar-refractivity contribution in [3.63, 3.8) is 0 Å². The van der Waals surface area contributed by atoms with Gasteiger partial charge in [0.2, 0.25) is 5.88 Å². The van der Waals surface area contributed by atoms with Crippen molar-refractivity contribution in [3.8, 4) is 11.6 Å². The van der Waals surface area contributed by atoms with Crippen LogP contribution in [-0.2, 0) is 19.5 Å². The highest BCUT2D eigenvalue weighted by atomic mass is 32.2. The second-order valence-corrected chi connectivity index (χ2v) is 24.7. The predicted octanol–water partition coefficient (Wildman–Crippen LogP) is 7.18. The number of carbonyl (C=O) groups excluding carboxylic acids is 1. The lowest BCUT2D eigenvalue weighted by Gasteiger charge is -2.56. The summed E-state index contributed by atoms with van der Waals surface area (Å²) in [6.07, 6.45) is 8.31. The second kappa shape index (κ2) is 19.5. The number of aromatic amines is 1. The largest absolute Gasteiger partial charge is 0.489 e. The zero-order chi connectivity index (χ0) is 52.0. The molecule has 0 radical (unpaired) electrons. The number of nitrogens with one attached hydrogen (secondary N) is 3. The molecular formula is C56H68N10O9S. The van der Waals surface area contributed by atoms with E-state index in [0.29, 0.717) is 72.7 Å². The Balaban J connectivity index is 0.758. The molecule has 1 saturated carbocycles. The van der Waals surface area contributed by atoms with E-state index in [9.17, 15) is 23.3 Å². The molecule has 1 amide bonds. The number of likely N-dealkylation sites (tertiary alicyclic amines) is 1. The van der Waals surface area contributed by atoms with Crippen molar-refractivity contribution in [2.24, 2.45) is 5.41 Å². The van der Waals surface area contributed by atoms with Gasteiger partial charge >= 0.3 is 0 Å². The second-order valence-electron chi connectivity index (χ2n) is 23.0. The fourth-order valence-electron chi connectivity index (χ4n) is 13.9. The van der Waals surface area contributed by atoms with Gasteiger partial charge in [0, 0.05) is 86.8 Å². The van der Waals surface area contributed by atoms with Crippen molar-refractivity contribution in [3.05, 3.63) is 99.7 Å². The van der Waals surface area contributed by atoms with Crippen molar-refractivity contribution in [1.29, 1.82) is 0 Å². The molecule has 0 unspecified atom stereocenters. The SMILES string of the molecule is CC(C)c1ccccc1[C@@H]1CCCN1C1CC2(CCN(c3ccc(C(=O)NS(=O)(=O)c4cc5c(c([N+](=O)[O-])c4)N[C@H](CN4CCN(C6COC6)[C@H](C)C4)CO5)c(N4c5cc6cc[nH]c6nc5O[C@H]5COC[C@H]54)c3)CC2)C1.